The van der Waals surface area contributed by atoms with Gasteiger partial charge in [0.15, 0.2) is 0 Å². The summed E-state index contributed by atoms with van der Waals surface area (Å²) < 4.78 is 0. The summed E-state index contributed by atoms with van der Waals surface area (Å²) in [6.07, 6.45) is 2.95. The van der Waals surface area contributed by atoms with Gasteiger partial charge in [-0.25, -0.2) is 0 Å². The second-order valence-electron chi connectivity index (χ2n) is 3.44. The largest absolute Gasteiger partial charge is 0.393 e. The number of aliphatic hydroxyl groups excluding tert-OH is 1. The molecule has 2 heteroatoms. The lowest BCUT2D eigenvalue weighted by Gasteiger charge is -2.30. The first-order valence-electron chi connectivity index (χ1n) is 4.12. The molecule has 1 saturated carbocycles. The topological polar surface area (TPSA) is 46.2 Å². The predicted molar refractivity (Wildman–Crippen MR) is 41.6 cm³/mol. The Bertz CT molecular complexity index is 105. The maximum Gasteiger partial charge on any atom is 0.0543 e. The molecule has 0 heterocycles. The van der Waals surface area contributed by atoms with Crippen LogP contribution in [-0.2, 0) is 0 Å². The number of hydrogen-bond donors (Lipinski definition) is 2. The van der Waals surface area contributed by atoms with Crippen molar-refractivity contribution < 1.29 is 5.11 Å². The summed E-state index contributed by atoms with van der Waals surface area (Å²) >= 11 is 0. The highest BCUT2D eigenvalue weighted by atomic mass is 16.3. The Morgan fingerprint density at radius 2 is 2.20 bits per heavy atom. The molecule has 10 heavy (non-hydrogen) atoms. The number of hydrogen-bond acceptors (Lipinski definition) is 2. The summed E-state index contributed by atoms with van der Waals surface area (Å²) in [7, 11) is 0. The minimum Gasteiger partial charge on any atom is -0.393 e. The molecule has 3 N–H and O–H groups in total. The molecule has 1 rings (SSSR count). The highest BCUT2D eigenvalue weighted by molar-refractivity contribution is 4.77. The maximum absolute atomic E-state index is 9.27. The van der Waals surface area contributed by atoms with Gasteiger partial charge in [0.05, 0.1) is 6.10 Å². The van der Waals surface area contributed by atoms with E-state index >= 15 is 0 Å². The van der Waals surface area contributed by atoms with E-state index in [0.717, 1.165) is 25.8 Å². The van der Waals surface area contributed by atoms with Crippen LogP contribution in [0.5, 0.6) is 0 Å². The first-order valence-corrected chi connectivity index (χ1v) is 4.12. The van der Waals surface area contributed by atoms with Gasteiger partial charge in [-0.1, -0.05) is 6.92 Å². The molecular weight excluding hydrogens is 126 g/mol. The van der Waals surface area contributed by atoms with E-state index in [1.165, 1.54) is 0 Å². The lowest BCUT2D eigenvalue weighted by molar-refractivity contribution is 0.0771. The zero-order valence-electron chi connectivity index (χ0n) is 6.59. The highest BCUT2D eigenvalue weighted by Crippen LogP contribution is 2.28. The number of nitrogens with two attached hydrogens (primary N) is 1. The van der Waals surface area contributed by atoms with Crippen LogP contribution in [0.3, 0.4) is 0 Å². The molecule has 0 aromatic carbocycles. The molecule has 60 valence electrons. The van der Waals surface area contributed by atoms with E-state index in [2.05, 4.69) is 6.92 Å². The first kappa shape index (κ1) is 8.02. The van der Waals surface area contributed by atoms with Gasteiger partial charge in [-0.2, -0.15) is 0 Å². The SMILES string of the molecule is CC1CCC(O)CC1CN. The molecule has 0 aromatic rings. The van der Waals surface area contributed by atoms with Gasteiger partial charge < -0.3 is 10.8 Å². The second kappa shape index (κ2) is 3.35. The maximum atomic E-state index is 9.27. The van der Waals surface area contributed by atoms with Crippen molar-refractivity contribution >= 4 is 0 Å². The van der Waals surface area contributed by atoms with E-state index in [1.54, 1.807) is 0 Å². The van der Waals surface area contributed by atoms with Crippen LogP contribution in [0, 0.1) is 11.8 Å². The van der Waals surface area contributed by atoms with Crippen LogP contribution in [0.25, 0.3) is 0 Å². The molecular formula is C8H17NO. The van der Waals surface area contributed by atoms with Gasteiger partial charge in [0.2, 0.25) is 0 Å². The van der Waals surface area contributed by atoms with Gasteiger partial charge in [-0.05, 0) is 37.6 Å². The third kappa shape index (κ3) is 1.70. The summed E-state index contributed by atoms with van der Waals surface area (Å²) in [5, 5.41) is 9.27. The van der Waals surface area contributed by atoms with Crippen molar-refractivity contribution in [2.45, 2.75) is 32.3 Å². The van der Waals surface area contributed by atoms with Crippen molar-refractivity contribution in [1.82, 2.24) is 0 Å². The van der Waals surface area contributed by atoms with Crippen molar-refractivity contribution in [3.63, 3.8) is 0 Å². The molecule has 0 aliphatic heterocycles. The average Bonchev–Trinajstić information content (AvgIpc) is 1.94. The lowest BCUT2D eigenvalue weighted by atomic mass is 9.79. The fourth-order valence-corrected chi connectivity index (χ4v) is 1.72. The number of aliphatic hydroxyl groups is 1. The quantitative estimate of drug-likeness (QED) is 0.568. The lowest BCUT2D eigenvalue weighted by Crippen LogP contribution is -2.31. The molecule has 2 nitrogen and oxygen atoms in total. The van der Waals surface area contributed by atoms with Crippen LogP contribution < -0.4 is 5.73 Å². The molecule has 0 amide bonds. The van der Waals surface area contributed by atoms with Gasteiger partial charge in [-0.15, -0.1) is 0 Å². The Kier molecular flexibility index (Phi) is 2.69. The normalized spacial score (nSPS) is 41.7. The Morgan fingerprint density at radius 3 is 2.70 bits per heavy atom. The zero-order chi connectivity index (χ0) is 7.56. The molecule has 3 unspecified atom stereocenters. The van der Waals surface area contributed by atoms with Gasteiger partial charge in [0.25, 0.3) is 0 Å². The molecule has 3 atom stereocenters. The zero-order valence-corrected chi connectivity index (χ0v) is 6.59. The third-order valence-electron chi connectivity index (χ3n) is 2.64. The summed E-state index contributed by atoms with van der Waals surface area (Å²) in [4.78, 5) is 0. The summed E-state index contributed by atoms with van der Waals surface area (Å²) in [5.41, 5.74) is 5.54. The Labute approximate surface area is 62.4 Å². The van der Waals surface area contributed by atoms with Crippen LogP contribution in [-0.4, -0.2) is 17.8 Å². The summed E-state index contributed by atoms with van der Waals surface area (Å²) in [6.45, 7) is 2.96. The van der Waals surface area contributed by atoms with E-state index in [0.29, 0.717) is 11.8 Å². The summed E-state index contributed by atoms with van der Waals surface area (Å²) in [6, 6.07) is 0. The van der Waals surface area contributed by atoms with Crippen LogP contribution in [0.4, 0.5) is 0 Å². The van der Waals surface area contributed by atoms with Crippen LogP contribution in [0.15, 0.2) is 0 Å². The van der Waals surface area contributed by atoms with Crippen molar-refractivity contribution in [2.24, 2.45) is 17.6 Å². The van der Waals surface area contributed by atoms with E-state index in [9.17, 15) is 5.11 Å². The first-order chi connectivity index (χ1) is 4.74. The molecule has 0 radical (unpaired) electrons. The van der Waals surface area contributed by atoms with Gasteiger partial charge in [-0.3, -0.25) is 0 Å². The Morgan fingerprint density at radius 1 is 1.50 bits per heavy atom. The highest BCUT2D eigenvalue weighted by Gasteiger charge is 2.24. The molecule has 0 bridgehead atoms. The molecule has 1 aliphatic carbocycles. The van der Waals surface area contributed by atoms with Gasteiger partial charge >= 0.3 is 0 Å². The molecule has 1 fully saturated rings. The molecule has 1 aliphatic rings. The van der Waals surface area contributed by atoms with Crippen LogP contribution in [0.2, 0.25) is 0 Å². The van der Waals surface area contributed by atoms with E-state index in [1.807, 2.05) is 0 Å². The van der Waals surface area contributed by atoms with Crippen molar-refractivity contribution in [2.75, 3.05) is 6.54 Å². The van der Waals surface area contributed by atoms with Gasteiger partial charge in [0, 0.05) is 0 Å². The van der Waals surface area contributed by atoms with Crippen molar-refractivity contribution in [3.05, 3.63) is 0 Å². The van der Waals surface area contributed by atoms with Crippen molar-refractivity contribution in [1.29, 1.82) is 0 Å². The third-order valence-corrected chi connectivity index (χ3v) is 2.64. The Balaban J connectivity index is 2.38. The Hall–Kier alpha value is -0.0800. The fraction of sp³-hybridized carbons (Fsp3) is 1.00. The van der Waals surface area contributed by atoms with E-state index in [4.69, 9.17) is 5.73 Å². The van der Waals surface area contributed by atoms with Crippen LogP contribution >= 0.6 is 0 Å². The van der Waals surface area contributed by atoms with Gasteiger partial charge in [0.1, 0.15) is 0 Å². The van der Waals surface area contributed by atoms with E-state index in [-0.39, 0.29) is 6.10 Å². The second-order valence-corrected chi connectivity index (χ2v) is 3.44. The number of rotatable bonds is 1. The van der Waals surface area contributed by atoms with Crippen LogP contribution in [0.1, 0.15) is 26.2 Å². The minimum atomic E-state index is -0.0789. The predicted octanol–water partition coefficient (Wildman–Crippen LogP) is 0.742. The molecule has 0 spiro atoms. The fourth-order valence-electron chi connectivity index (χ4n) is 1.72. The average molecular weight is 143 g/mol. The van der Waals surface area contributed by atoms with Crippen molar-refractivity contribution in [3.8, 4) is 0 Å². The summed E-state index contributed by atoms with van der Waals surface area (Å²) in [5.74, 6) is 1.28. The standard InChI is InChI=1S/C8H17NO/c1-6-2-3-8(10)4-7(6)5-9/h6-8,10H,2-5,9H2,1H3. The smallest absolute Gasteiger partial charge is 0.0543 e. The van der Waals surface area contributed by atoms with E-state index < -0.39 is 0 Å². The molecule has 0 aromatic heterocycles. The molecule has 0 saturated heterocycles. The minimum absolute atomic E-state index is 0.0789. The monoisotopic (exact) mass is 143 g/mol.